The predicted octanol–water partition coefficient (Wildman–Crippen LogP) is 2.84. The molecule has 3 rings (SSSR count). The third-order valence-corrected chi connectivity index (χ3v) is 6.43. The van der Waals surface area contributed by atoms with Gasteiger partial charge in [-0.1, -0.05) is 12.1 Å². The summed E-state index contributed by atoms with van der Waals surface area (Å²) in [5.41, 5.74) is 0. The molecule has 144 valence electrons. The van der Waals surface area contributed by atoms with E-state index < -0.39 is 27.7 Å². The van der Waals surface area contributed by atoms with Crippen LogP contribution in [-0.2, 0) is 14.8 Å². The molecule has 8 heteroatoms. The van der Waals surface area contributed by atoms with Crippen LogP contribution in [0.25, 0.3) is 0 Å². The van der Waals surface area contributed by atoms with Crippen LogP contribution in [0.2, 0.25) is 0 Å². The second kappa shape index (κ2) is 8.06. The molecule has 0 radical (unpaired) electrons. The van der Waals surface area contributed by atoms with Gasteiger partial charge in [0.25, 0.3) is 0 Å². The van der Waals surface area contributed by atoms with Crippen LogP contribution in [-0.4, -0.2) is 38.9 Å². The van der Waals surface area contributed by atoms with E-state index in [1.807, 2.05) is 0 Å². The van der Waals surface area contributed by atoms with Crippen molar-refractivity contribution in [3.05, 3.63) is 54.3 Å². The van der Waals surface area contributed by atoms with Gasteiger partial charge in [0.1, 0.15) is 5.82 Å². The Kier molecular flexibility index (Phi) is 5.76. The Morgan fingerprint density at radius 2 is 1.63 bits per heavy atom. The average Bonchev–Trinajstić information content (AvgIpc) is 2.69. The molecule has 6 nitrogen and oxygen atoms in total. The molecule has 0 bridgehead atoms. The number of nitrogens with zero attached hydrogens (tertiary/aromatic N) is 1. The number of ether oxygens (including phenoxy) is 2. The number of methoxy groups -OCH3 is 1. The van der Waals surface area contributed by atoms with Gasteiger partial charge in [0, 0.05) is 13.1 Å². The largest absolute Gasteiger partial charge is 0.493 e. The minimum Gasteiger partial charge on any atom is -0.493 e. The number of carbonyl (C=O) groups excluding carboxylic acids is 1. The molecular formula is C19H20FNO5S. The van der Waals surface area contributed by atoms with Crippen LogP contribution >= 0.6 is 0 Å². The Bertz CT molecular complexity index is 906. The Morgan fingerprint density at radius 1 is 1.04 bits per heavy atom. The summed E-state index contributed by atoms with van der Waals surface area (Å²) in [5, 5.41) is 0. The number of hydrogen-bond donors (Lipinski definition) is 0. The van der Waals surface area contributed by atoms with Crippen LogP contribution in [0, 0.1) is 11.7 Å². The van der Waals surface area contributed by atoms with Gasteiger partial charge in [0.2, 0.25) is 10.0 Å². The van der Waals surface area contributed by atoms with Crippen molar-refractivity contribution in [2.24, 2.45) is 5.92 Å². The fourth-order valence-corrected chi connectivity index (χ4v) is 4.45. The molecule has 0 spiro atoms. The molecular weight excluding hydrogens is 373 g/mol. The standard InChI is InChI=1S/C19H20FNO5S/c1-25-17-4-2-3-5-18(17)26-19(22)14-10-12-21(13-11-14)27(23,24)16-8-6-15(20)7-9-16/h2-9,14H,10-13H2,1H3. The number of piperidine rings is 1. The van der Waals surface area contributed by atoms with Gasteiger partial charge in [-0.25, -0.2) is 12.8 Å². The lowest BCUT2D eigenvalue weighted by molar-refractivity contribution is -0.140. The molecule has 0 N–H and O–H groups in total. The number of halogens is 1. The SMILES string of the molecule is COc1ccccc1OC(=O)C1CCN(S(=O)(=O)c2ccc(F)cc2)CC1. The smallest absolute Gasteiger partial charge is 0.314 e. The van der Waals surface area contributed by atoms with Gasteiger partial charge < -0.3 is 9.47 Å². The lowest BCUT2D eigenvalue weighted by Gasteiger charge is -2.30. The number of para-hydroxylation sites is 2. The molecule has 1 aliphatic rings. The maximum Gasteiger partial charge on any atom is 0.314 e. The highest BCUT2D eigenvalue weighted by Gasteiger charge is 2.33. The van der Waals surface area contributed by atoms with Gasteiger partial charge >= 0.3 is 5.97 Å². The average molecular weight is 393 g/mol. The first-order valence-corrected chi connectivity index (χ1v) is 9.96. The molecule has 0 amide bonds. The number of carbonyl (C=O) groups is 1. The van der Waals surface area contributed by atoms with Crippen molar-refractivity contribution in [2.75, 3.05) is 20.2 Å². The summed E-state index contributed by atoms with van der Waals surface area (Å²) in [6, 6.07) is 11.6. The van der Waals surface area contributed by atoms with Gasteiger partial charge in [-0.05, 0) is 49.2 Å². The van der Waals surface area contributed by atoms with E-state index in [-0.39, 0.29) is 18.0 Å². The maximum absolute atomic E-state index is 13.0. The van der Waals surface area contributed by atoms with E-state index in [2.05, 4.69) is 0 Å². The topological polar surface area (TPSA) is 72.9 Å². The number of hydrogen-bond acceptors (Lipinski definition) is 5. The van der Waals surface area contributed by atoms with Crippen molar-refractivity contribution in [1.29, 1.82) is 0 Å². The first-order chi connectivity index (χ1) is 12.9. The van der Waals surface area contributed by atoms with Crippen molar-refractivity contribution in [1.82, 2.24) is 4.31 Å². The van der Waals surface area contributed by atoms with Crippen LogP contribution < -0.4 is 9.47 Å². The highest BCUT2D eigenvalue weighted by atomic mass is 32.2. The summed E-state index contributed by atoms with van der Waals surface area (Å²) in [6.07, 6.45) is 0.711. The highest BCUT2D eigenvalue weighted by Crippen LogP contribution is 2.29. The second-order valence-electron chi connectivity index (χ2n) is 6.20. The first kappa shape index (κ1) is 19.3. The van der Waals surface area contributed by atoms with Gasteiger partial charge in [-0.3, -0.25) is 4.79 Å². The molecule has 27 heavy (non-hydrogen) atoms. The summed E-state index contributed by atoms with van der Waals surface area (Å²) >= 11 is 0. The van der Waals surface area contributed by atoms with E-state index in [4.69, 9.17) is 9.47 Å². The molecule has 1 aliphatic heterocycles. The van der Waals surface area contributed by atoms with Gasteiger partial charge in [0.05, 0.1) is 17.9 Å². The molecule has 2 aromatic carbocycles. The number of esters is 1. The van der Waals surface area contributed by atoms with E-state index in [1.54, 1.807) is 24.3 Å². The van der Waals surface area contributed by atoms with Crippen LogP contribution in [0.15, 0.2) is 53.4 Å². The molecule has 0 atom stereocenters. The van der Waals surface area contributed by atoms with Crippen LogP contribution in [0.3, 0.4) is 0 Å². The molecule has 1 fully saturated rings. The van der Waals surface area contributed by atoms with Crippen molar-refractivity contribution in [3.63, 3.8) is 0 Å². The van der Waals surface area contributed by atoms with E-state index in [1.165, 1.54) is 23.5 Å². The molecule has 2 aromatic rings. The summed E-state index contributed by atoms with van der Waals surface area (Å²) in [6.45, 7) is 0.400. The lowest BCUT2D eigenvalue weighted by atomic mass is 9.98. The third kappa shape index (κ3) is 4.28. The molecule has 1 saturated heterocycles. The van der Waals surface area contributed by atoms with Crippen molar-refractivity contribution in [3.8, 4) is 11.5 Å². The van der Waals surface area contributed by atoms with Crippen LogP contribution in [0.4, 0.5) is 4.39 Å². The fraction of sp³-hybridized carbons (Fsp3) is 0.316. The molecule has 0 saturated carbocycles. The van der Waals surface area contributed by atoms with Crippen LogP contribution in [0.5, 0.6) is 11.5 Å². The van der Waals surface area contributed by atoms with E-state index in [9.17, 15) is 17.6 Å². The quantitative estimate of drug-likeness (QED) is 0.577. The zero-order valence-electron chi connectivity index (χ0n) is 14.8. The normalized spacial score (nSPS) is 16.1. The first-order valence-electron chi connectivity index (χ1n) is 8.52. The Morgan fingerprint density at radius 3 is 2.22 bits per heavy atom. The molecule has 0 unspecified atom stereocenters. The zero-order valence-corrected chi connectivity index (χ0v) is 15.6. The molecule has 0 aromatic heterocycles. The summed E-state index contributed by atoms with van der Waals surface area (Å²) in [4.78, 5) is 12.5. The van der Waals surface area contributed by atoms with Crippen molar-refractivity contribution < 1.29 is 27.1 Å². The van der Waals surface area contributed by atoms with E-state index in [0.29, 0.717) is 24.3 Å². The summed E-state index contributed by atoms with van der Waals surface area (Å²) < 4.78 is 50.2. The third-order valence-electron chi connectivity index (χ3n) is 4.52. The summed E-state index contributed by atoms with van der Waals surface area (Å²) in [7, 11) is -2.21. The second-order valence-corrected chi connectivity index (χ2v) is 8.14. The van der Waals surface area contributed by atoms with Gasteiger partial charge in [-0.2, -0.15) is 4.31 Å². The number of sulfonamides is 1. The number of benzene rings is 2. The molecule has 1 heterocycles. The Labute approximate surface area is 157 Å². The monoisotopic (exact) mass is 393 g/mol. The zero-order chi connectivity index (χ0) is 19.4. The predicted molar refractivity (Wildman–Crippen MR) is 96.5 cm³/mol. The Hall–Kier alpha value is -2.45. The lowest BCUT2D eigenvalue weighted by Crippen LogP contribution is -2.41. The van der Waals surface area contributed by atoms with Gasteiger partial charge in [0.15, 0.2) is 11.5 Å². The van der Waals surface area contributed by atoms with Crippen molar-refractivity contribution in [2.45, 2.75) is 17.7 Å². The highest BCUT2D eigenvalue weighted by molar-refractivity contribution is 7.89. The maximum atomic E-state index is 13.0. The number of rotatable bonds is 5. The van der Waals surface area contributed by atoms with E-state index in [0.717, 1.165) is 12.1 Å². The molecule has 0 aliphatic carbocycles. The minimum atomic E-state index is -3.70. The van der Waals surface area contributed by atoms with Gasteiger partial charge in [-0.15, -0.1) is 0 Å². The Balaban J connectivity index is 1.63. The van der Waals surface area contributed by atoms with Crippen molar-refractivity contribution >= 4 is 16.0 Å². The van der Waals surface area contributed by atoms with E-state index >= 15 is 0 Å². The fourth-order valence-electron chi connectivity index (χ4n) is 2.98. The minimum absolute atomic E-state index is 0.0407. The summed E-state index contributed by atoms with van der Waals surface area (Å²) in [5.74, 6) is -0.492. The van der Waals surface area contributed by atoms with Crippen LogP contribution in [0.1, 0.15) is 12.8 Å².